The molecule has 18 heavy (non-hydrogen) atoms. The van der Waals surface area contributed by atoms with E-state index < -0.39 is 6.10 Å². The number of hydrogen-bond acceptors (Lipinski definition) is 4. The van der Waals surface area contributed by atoms with E-state index >= 15 is 0 Å². The zero-order valence-electron chi connectivity index (χ0n) is 11.5. The van der Waals surface area contributed by atoms with E-state index in [0.29, 0.717) is 24.2 Å². The van der Waals surface area contributed by atoms with E-state index in [9.17, 15) is 15.3 Å². The second-order valence-corrected chi connectivity index (χ2v) is 5.15. The smallest absolute Gasteiger partial charge is 0.157 e. The van der Waals surface area contributed by atoms with Gasteiger partial charge < -0.3 is 15.3 Å². The molecule has 1 aromatic carbocycles. The van der Waals surface area contributed by atoms with Crippen molar-refractivity contribution in [2.75, 3.05) is 6.54 Å². The van der Waals surface area contributed by atoms with Gasteiger partial charge in [-0.3, -0.25) is 4.90 Å². The minimum absolute atomic E-state index is 0.171. The van der Waals surface area contributed by atoms with Crippen LogP contribution < -0.4 is 0 Å². The number of phenols is 2. The molecule has 4 heteroatoms. The van der Waals surface area contributed by atoms with Crippen LogP contribution in [0.4, 0.5) is 0 Å². The van der Waals surface area contributed by atoms with Gasteiger partial charge in [0.15, 0.2) is 11.5 Å². The minimum Gasteiger partial charge on any atom is -0.504 e. The normalized spacial score (nSPS) is 13.6. The van der Waals surface area contributed by atoms with Gasteiger partial charge in [0.2, 0.25) is 0 Å². The van der Waals surface area contributed by atoms with E-state index in [-0.39, 0.29) is 11.5 Å². The third-order valence-electron chi connectivity index (χ3n) is 3.09. The molecule has 0 aliphatic rings. The molecule has 1 unspecified atom stereocenters. The Hall–Kier alpha value is -1.26. The summed E-state index contributed by atoms with van der Waals surface area (Å²) >= 11 is 0. The monoisotopic (exact) mass is 253 g/mol. The second-order valence-electron chi connectivity index (χ2n) is 5.15. The molecule has 3 N–H and O–H groups in total. The zero-order chi connectivity index (χ0) is 13.9. The Balaban J connectivity index is 2.80. The van der Waals surface area contributed by atoms with Crippen molar-refractivity contribution in [2.45, 2.75) is 45.9 Å². The van der Waals surface area contributed by atoms with Gasteiger partial charge in [-0.15, -0.1) is 0 Å². The largest absolute Gasteiger partial charge is 0.504 e. The van der Waals surface area contributed by atoms with Crippen molar-refractivity contribution in [3.8, 4) is 11.5 Å². The maximum Gasteiger partial charge on any atom is 0.157 e. The van der Waals surface area contributed by atoms with Gasteiger partial charge in [0.25, 0.3) is 0 Å². The third-order valence-corrected chi connectivity index (χ3v) is 3.09. The van der Waals surface area contributed by atoms with Gasteiger partial charge in [0, 0.05) is 18.6 Å². The van der Waals surface area contributed by atoms with Crippen LogP contribution >= 0.6 is 0 Å². The lowest BCUT2D eigenvalue weighted by atomic mass is 10.1. The maximum atomic E-state index is 10.2. The highest BCUT2D eigenvalue weighted by Crippen LogP contribution is 2.28. The lowest BCUT2D eigenvalue weighted by Crippen LogP contribution is -2.39. The number of aromatic hydroxyl groups is 2. The molecule has 0 saturated heterocycles. The van der Waals surface area contributed by atoms with Crippen LogP contribution in [0.1, 0.15) is 39.4 Å². The molecule has 0 spiro atoms. The van der Waals surface area contributed by atoms with E-state index in [1.165, 1.54) is 12.1 Å². The van der Waals surface area contributed by atoms with Crippen LogP contribution in [0.2, 0.25) is 0 Å². The summed E-state index contributed by atoms with van der Waals surface area (Å²) in [5.41, 5.74) is 0.608. The highest BCUT2D eigenvalue weighted by Gasteiger charge is 2.19. The van der Waals surface area contributed by atoms with Crippen LogP contribution in [-0.4, -0.2) is 38.8 Å². The molecule has 0 amide bonds. The Morgan fingerprint density at radius 3 is 2.00 bits per heavy atom. The van der Waals surface area contributed by atoms with Crippen molar-refractivity contribution in [2.24, 2.45) is 0 Å². The number of hydrogen-bond donors (Lipinski definition) is 3. The van der Waals surface area contributed by atoms with Gasteiger partial charge in [0.05, 0.1) is 6.10 Å². The standard InChI is InChI=1S/C14H23NO3/c1-9(2)15(10(3)4)8-14(18)11-5-6-12(16)13(17)7-11/h5-7,9-10,14,16-18H,8H2,1-4H3. The van der Waals surface area contributed by atoms with Crippen LogP contribution in [-0.2, 0) is 0 Å². The van der Waals surface area contributed by atoms with Crippen molar-refractivity contribution in [3.63, 3.8) is 0 Å². The van der Waals surface area contributed by atoms with Crippen molar-refractivity contribution in [1.82, 2.24) is 4.90 Å². The van der Waals surface area contributed by atoms with Crippen molar-refractivity contribution in [1.29, 1.82) is 0 Å². The molecule has 1 aromatic rings. The minimum atomic E-state index is -0.679. The molecule has 0 bridgehead atoms. The first-order valence-corrected chi connectivity index (χ1v) is 6.28. The quantitative estimate of drug-likeness (QED) is 0.704. The molecule has 1 rings (SSSR count). The predicted octanol–water partition coefficient (Wildman–Crippen LogP) is 2.25. The Morgan fingerprint density at radius 2 is 1.56 bits per heavy atom. The zero-order valence-corrected chi connectivity index (χ0v) is 11.5. The SMILES string of the molecule is CC(C)N(CC(O)c1ccc(O)c(O)c1)C(C)C. The Morgan fingerprint density at radius 1 is 1.00 bits per heavy atom. The van der Waals surface area contributed by atoms with E-state index in [0.717, 1.165) is 0 Å². The second kappa shape index (κ2) is 6.07. The number of benzene rings is 1. The van der Waals surface area contributed by atoms with Crippen LogP contribution in [0, 0.1) is 0 Å². The van der Waals surface area contributed by atoms with Gasteiger partial charge in [-0.1, -0.05) is 6.07 Å². The van der Waals surface area contributed by atoms with E-state index in [4.69, 9.17) is 0 Å². The van der Waals surface area contributed by atoms with Gasteiger partial charge in [-0.2, -0.15) is 0 Å². The van der Waals surface area contributed by atoms with Gasteiger partial charge >= 0.3 is 0 Å². The summed E-state index contributed by atoms with van der Waals surface area (Å²) in [6.07, 6.45) is -0.679. The van der Waals surface area contributed by atoms with E-state index in [1.54, 1.807) is 6.07 Å². The lowest BCUT2D eigenvalue weighted by Gasteiger charge is -2.32. The summed E-state index contributed by atoms with van der Waals surface area (Å²) in [4.78, 5) is 2.18. The topological polar surface area (TPSA) is 63.9 Å². The van der Waals surface area contributed by atoms with Crippen molar-refractivity contribution < 1.29 is 15.3 Å². The highest BCUT2D eigenvalue weighted by molar-refractivity contribution is 5.41. The summed E-state index contributed by atoms with van der Waals surface area (Å²) in [6, 6.07) is 5.09. The predicted molar refractivity (Wildman–Crippen MR) is 71.7 cm³/mol. The van der Waals surface area contributed by atoms with Gasteiger partial charge in [0.1, 0.15) is 0 Å². The van der Waals surface area contributed by atoms with Crippen LogP contribution in [0.25, 0.3) is 0 Å². The fourth-order valence-electron chi connectivity index (χ4n) is 2.07. The lowest BCUT2D eigenvalue weighted by molar-refractivity contribution is 0.0754. The number of aliphatic hydroxyl groups is 1. The fourth-order valence-corrected chi connectivity index (χ4v) is 2.07. The molecule has 0 heterocycles. The molecule has 1 atom stereocenters. The summed E-state index contributed by atoms with van der Waals surface area (Å²) in [5, 5.41) is 28.8. The first kappa shape index (κ1) is 14.8. The average molecular weight is 253 g/mol. The van der Waals surface area contributed by atoms with Gasteiger partial charge in [-0.05, 0) is 45.4 Å². The summed E-state index contributed by atoms with van der Waals surface area (Å²) < 4.78 is 0. The molecule has 0 aromatic heterocycles. The van der Waals surface area contributed by atoms with Crippen LogP contribution in [0.15, 0.2) is 18.2 Å². The molecule has 0 aliphatic heterocycles. The fraction of sp³-hybridized carbons (Fsp3) is 0.571. The number of nitrogens with zero attached hydrogens (tertiary/aromatic N) is 1. The average Bonchev–Trinajstić information content (AvgIpc) is 2.28. The first-order valence-electron chi connectivity index (χ1n) is 6.28. The molecular formula is C14H23NO3. The summed E-state index contributed by atoms with van der Waals surface area (Å²) in [6.45, 7) is 8.84. The number of aliphatic hydroxyl groups excluding tert-OH is 1. The van der Waals surface area contributed by atoms with Crippen LogP contribution in [0.5, 0.6) is 11.5 Å². The van der Waals surface area contributed by atoms with Gasteiger partial charge in [-0.25, -0.2) is 0 Å². The molecule has 0 saturated carbocycles. The Labute approximate surface area is 108 Å². The summed E-state index contributed by atoms with van der Waals surface area (Å²) in [5.74, 6) is -0.372. The molecule has 0 radical (unpaired) electrons. The summed E-state index contributed by atoms with van der Waals surface area (Å²) in [7, 11) is 0. The maximum absolute atomic E-state index is 10.2. The van der Waals surface area contributed by atoms with Crippen LogP contribution in [0.3, 0.4) is 0 Å². The number of rotatable bonds is 5. The number of phenolic OH excluding ortho intramolecular Hbond substituents is 2. The van der Waals surface area contributed by atoms with Crippen molar-refractivity contribution in [3.05, 3.63) is 23.8 Å². The molecule has 0 aliphatic carbocycles. The molecule has 4 nitrogen and oxygen atoms in total. The third kappa shape index (κ3) is 3.62. The van der Waals surface area contributed by atoms with E-state index in [1.807, 2.05) is 0 Å². The molecular weight excluding hydrogens is 230 g/mol. The molecule has 102 valence electrons. The molecule has 0 fully saturated rings. The van der Waals surface area contributed by atoms with E-state index in [2.05, 4.69) is 32.6 Å². The highest BCUT2D eigenvalue weighted by atomic mass is 16.3. The first-order chi connectivity index (χ1) is 8.32. The Bertz CT molecular complexity index is 383. The van der Waals surface area contributed by atoms with Crippen molar-refractivity contribution >= 4 is 0 Å². The Kier molecular flexibility index (Phi) is 4.99.